The van der Waals surface area contributed by atoms with Gasteiger partial charge in [0.25, 0.3) is 5.91 Å². The number of aromatic nitrogens is 3. The van der Waals surface area contributed by atoms with Crippen molar-refractivity contribution in [2.45, 2.75) is 11.8 Å². The number of methoxy groups -OCH3 is 1. The first-order valence-electron chi connectivity index (χ1n) is 12.7. The first kappa shape index (κ1) is 27.0. The van der Waals surface area contributed by atoms with Gasteiger partial charge < -0.3 is 19.9 Å². The molecule has 0 bridgehead atoms. The number of fused-ring (bicyclic) bond motifs is 2. The molecule has 0 atom stereocenters. The summed E-state index contributed by atoms with van der Waals surface area (Å²) in [6, 6.07) is 18.1. The molecule has 0 saturated carbocycles. The fourth-order valence-electron chi connectivity index (χ4n) is 5.10. The Morgan fingerprint density at radius 2 is 1.74 bits per heavy atom. The summed E-state index contributed by atoms with van der Waals surface area (Å²) in [5.74, 6) is -0.145. The zero-order valence-corrected chi connectivity index (χ0v) is 23.3. The summed E-state index contributed by atoms with van der Waals surface area (Å²) in [5, 5.41) is 14.4. The van der Waals surface area contributed by atoms with Crippen molar-refractivity contribution in [3.63, 3.8) is 0 Å². The third-order valence-electron chi connectivity index (χ3n) is 7.03. The monoisotopic (exact) mass is 587 g/mol. The van der Waals surface area contributed by atoms with E-state index in [2.05, 4.69) is 10.3 Å². The van der Waals surface area contributed by atoms with Crippen molar-refractivity contribution in [3.05, 3.63) is 78.1 Å². The molecule has 0 saturated heterocycles. The Morgan fingerprint density at radius 3 is 2.50 bits per heavy atom. The van der Waals surface area contributed by atoms with Gasteiger partial charge >= 0.3 is 6.09 Å². The summed E-state index contributed by atoms with van der Waals surface area (Å²) in [7, 11) is -2.77. The van der Waals surface area contributed by atoms with Gasteiger partial charge in [0.2, 0.25) is 10.0 Å². The minimum Gasteiger partial charge on any atom is -0.452 e. The first-order chi connectivity index (χ1) is 20.1. The lowest BCUT2D eigenvalue weighted by molar-refractivity contribution is 0.0978. The number of aryl methyl sites for hydroxylation is 1. The van der Waals surface area contributed by atoms with Crippen LogP contribution in [-0.4, -0.2) is 55.6 Å². The Kier molecular flexibility index (Phi) is 6.43. The van der Waals surface area contributed by atoms with E-state index in [0.29, 0.717) is 44.9 Å². The molecule has 0 aliphatic carbocycles. The van der Waals surface area contributed by atoms with Crippen molar-refractivity contribution in [1.29, 1.82) is 0 Å². The number of ether oxygens (including phenoxy) is 1. The number of hydrogen-bond acceptors (Lipinski definition) is 9. The van der Waals surface area contributed by atoms with Gasteiger partial charge in [-0.25, -0.2) is 23.0 Å². The van der Waals surface area contributed by atoms with Crippen LogP contribution in [0.1, 0.15) is 16.2 Å². The molecule has 0 unspecified atom stereocenters. The highest BCUT2D eigenvalue weighted by Crippen LogP contribution is 2.39. The Hall–Kier alpha value is -5.21. The van der Waals surface area contributed by atoms with Crippen LogP contribution < -0.4 is 20.7 Å². The molecule has 3 heterocycles. The first-order valence-corrected chi connectivity index (χ1v) is 14.3. The SMILES string of the molecule is COC(=O)N1CCN(C(=O)c2cc(C)nn2-c2ccc3onc(N)c3c2)c2ccc(-c3ccccc3S(N)(=O)=O)cc21. The van der Waals surface area contributed by atoms with E-state index in [4.69, 9.17) is 20.1 Å². The summed E-state index contributed by atoms with van der Waals surface area (Å²) in [6.45, 7) is 2.07. The van der Waals surface area contributed by atoms with Gasteiger partial charge in [-0.15, -0.1) is 0 Å². The number of hydrogen-bond donors (Lipinski definition) is 2. The van der Waals surface area contributed by atoms with E-state index in [-0.39, 0.29) is 35.4 Å². The zero-order chi connectivity index (χ0) is 29.8. The third kappa shape index (κ3) is 4.52. The number of anilines is 3. The van der Waals surface area contributed by atoms with Crippen LogP contribution in [0.25, 0.3) is 27.8 Å². The fourth-order valence-corrected chi connectivity index (χ4v) is 5.86. The number of rotatable bonds is 4. The molecule has 14 heteroatoms. The van der Waals surface area contributed by atoms with Crippen LogP contribution in [0, 0.1) is 6.92 Å². The van der Waals surface area contributed by atoms with E-state index >= 15 is 0 Å². The molecule has 42 heavy (non-hydrogen) atoms. The summed E-state index contributed by atoms with van der Waals surface area (Å²) >= 11 is 0. The van der Waals surface area contributed by atoms with E-state index < -0.39 is 16.1 Å². The Bertz CT molecular complexity index is 2000. The molecule has 214 valence electrons. The predicted octanol–water partition coefficient (Wildman–Crippen LogP) is 3.45. The molecule has 0 fully saturated rings. The van der Waals surface area contributed by atoms with Crippen molar-refractivity contribution < 1.29 is 27.3 Å². The molecule has 6 rings (SSSR count). The van der Waals surface area contributed by atoms with Gasteiger partial charge in [0.15, 0.2) is 11.4 Å². The van der Waals surface area contributed by atoms with E-state index in [1.807, 2.05) is 0 Å². The maximum Gasteiger partial charge on any atom is 0.414 e. The summed E-state index contributed by atoms with van der Waals surface area (Å²) in [6.07, 6.45) is -0.624. The molecule has 4 N–H and O–H groups in total. The molecule has 5 aromatic rings. The number of nitrogens with zero attached hydrogens (tertiary/aromatic N) is 5. The topological polar surface area (TPSA) is 180 Å². The van der Waals surface area contributed by atoms with E-state index in [1.54, 1.807) is 72.5 Å². The highest BCUT2D eigenvalue weighted by Gasteiger charge is 2.33. The number of amides is 2. The number of nitrogens with two attached hydrogens (primary N) is 2. The van der Waals surface area contributed by atoms with Crippen molar-refractivity contribution in [2.24, 2.45) is 5.14 Å². The van der Waals surface area contributed by atoms with Crippen LogP contribution in [-0.2, 0) is 14.8 Å². The molecule has 13 nitrogen and oxygen atoms in total. The maximum atomic E-state index is 14.1. The number of carbonyl (C=O) groups is 2. The Labute approximate surface area is 239 Å². The number of nitrogen functional groups attached to an aromatic ring is 1. The number of sulfonamides is 1. The lowest BCUT2D eigenvalue weighted by atomic mass is 10.0. The summed E-state index contributed by atoms with van der Waals surface area (Å²) < 4.78 is 36.3. The van der Waals surface area contributed by atoms with Crippen LogP contribution in [0.3, 0.4) is 0 Å². The predicted molar refractivity (Wildman–Crippen MR) is 155 cm³/mol. The van der Waals surface area contributed by atoms with E-state index in [1.165, 1.54) is 22.8 Å². The molecule has 2 amide bonds. The van der Waals surface area contributed by atoms with Crippen molar-refractivity contribution >= 4 is 50.2 Å². The summed E-state index contributed by atoms with van der Waals surface area (Å²) in [5.41, 5.74) is 9.55. The zero-order valence-electron chi connectivity index (χ0n) is 22.5. The van der Waals surface area contributed by atoms with E-state index in [9.17, 15) is 18.0 Å². The van der Waals surface area contributed by atoms with E-state index in [0.717, 1.165) is 0 Å². The smallest absolute Gasteiger partial charge is 0.414 e. The minimum atomic E-state index is -4.04. The molecule has 0 radical (unpaired) electrons. The Balaban J connectivity index is 1.45. The van der Waals surface area contributed by atoms with Crippen molar-refractivity contribution in [2.75, 3.05) is 35.7 Å². The van der Waals surface area contributed by atoms with Gasteiger partial charge in [-0.1, -0.05) is 29.4 Å². The van der Waals surface area contributed by atoms with Gasteiger partial charge in [-0.3, -0.25) is 9.69 Å². The molecule has 3 aromatic carbocycles. The average Bonchev–Trinajstić information content (AvgIpc) is 3.56. The molecular formula is C28H25N7O6S. The third-order valence-corrected chi connectivity index (χ3v) is 7.99. The lowest BCUT2D eigenvalue weighted by Crippen LogP contribution is -2.46. The molecule has 0 spiro atoms. The van der Waals surface area contributed by atoms with Crippen LogP contribution in [0.15, 0.2) is 76.1 Å². The second kappa shape index (κ2) is 10.0. The van der Waals surface area contributed by atoms with Gasteiger partial charge in [-0.05, 0) is 55.0 Å². The van der Waals surface area contributed by atoms with Crippen molar-refractivity contribution in [1.82, 2.24) is 14.9 Å². The molecule has 1 aliphatic heterocycles. The second-order valence-electron chi connectivity index (χ2n) is 9.65. The highest BCUT2D eigenvalue weighted by molar-refractivity contribution is 7.89. The molecule has 1 aliphatic rings. The molecular weight excluding hydrogens is 562 g/mol. The Morgan fingerprint density at radius 1 is 0.976 bits per heavy atom. The number of benzene rings is 3. The average molecular weight is 588 g/mol. The number of carbonyl (C=O) groups excluding carboxylic acids is 2. The van der Waals surface area contributed by atoms with Gasteiger partial charge in [0.1, 0.15) is 5.69 Å². The standard InChI is InChI=1S/C28H25N7O6S/c1-16-13-23(35(31-16)18-8-10-24-20(15-18)26(29)32-41-24)27(36)33-11-12-34(28(37)40-2)22-14-17(7-9-21(22)33)19-5-3-4-6-25(19)42(30,38)39/h3-10,13-15H,11-12H2,1-2H3,(H2,29,32)(H2,30,38,39). The summed E-state index contributed by atoms with van der Waals surface area (Å²) in [4.78, 5) is 29.7. The lowest BCUT2D eigenvalue weighted by Gasteiger charge is -2.36. The highest BCUT2D eigenvalue weighted by atomic mass is 32.2. The minimum absolute atomic E-state index is 0.0666. The van der Waals surface area contributed by atoms with Crippen LogP contribution in [0.2, 0.25) is 0 Å². The largest absolute Gasteiger partial charge is 0.452 e. The normalized spacial score (nSPS) is 13.3. The van der Waals surface area contributed by atoms with Crippen LogP contribution in [0.4, 0.5) is 22.0 Å². The van der Waals surface area contributed by atoms with Crippen LogP contribution >= 0.6 is 0 Å². The van der Waals surface area contributed by atoms with Crippen LogP contribution in [0.5, 0.6) is 0 Å². The second-order valence-corrected chi connectivity index (χ2v) is 11.2. The quantitative estimate of drug-likeness (QED) is 0.318. The number of primary sulfonamides is 1. The fraction of sp³-hybridized carbons (Fsp3) is 0.143. The van der Waals surface area contributed by atoms with Gasteiger partial charge in [-0.2, -0.15) is 5.10 Å². The van der Waals surface area contributed by atoms with Gasteiger partial charge in [0.05, 0.1) is 40.1 Å². The van der Waals surface area contributed by atoms with Gasteiger partial charge in [0, 0.05) is 18.7 Å². The maximum absolute atomic E-state index is 14.1. The molecule has 2 aromatic heterocycles. The van der Waals surface area contributed by atoms with Crippen molar-refractivity contribution in [3.8, 4) is 16.8 Å².